The van der Waals surface area contributed by atoms with Crippen LogP contribution < -0.4 is 15.0 Å². The first-order valence-electron chi connectivity index (χ1n) is 6.18. The molecule has 0 saturated heterocycles. The molecule has 98 valence electrons. The number of fused-ring (bicyclic) bond motifs is 1. The predicted molar refractivity (Wildman–Crippen MR) is 72.2 cm³/mol. The zero-order valence-corrected chi connectivity index (χ0v) is 11.4. The Morgan fingerprint density at radius 3 is 2.83 bits per heavy atom. The molecule has 0 aromatic heterocycles. The molecule has 1 aliphatic rings. The minimum atomic E-state index is -0.565. The summed E-state index contributed by atoms with van der Waals surface area (Å²) >= 11 is 0. The minimum absolute atomic E-state index is 0.0452. The molecule has 0 aliphatic carbocycles. The molecule has 18 heavy (non-hydrogen) atoms. The normalized spacial score (nSPS) is 14.0. The van der Waals surface area contributed by atoms with Gasteiger partial charge in [0, 0.05) is 19.2 Å². The van der Waals surface area contributed by atoms with E-state index >= 15 is 0 Å². The SMILES string of the molecule is CNC(C)(C)C(=O)N(C)c1ccc2c(c1)CCO2. The molecule has 0 fully saturated rings. The Balaban J connectivity index is 2.24. The average Bonchev–Trinajstić information content (AvgIpc) is 2.84. The number of hydrogen-bond acceptors (Lipinski definition) is 3. The van der Waals surface area contributed by atoms with E-state index in [4.69, 9.17) is 4.74 Å². The van der Waals surface area contributed by atoms with Gasteiger partial charge < -0.3 is 15.0 Å². The van der Waals surface area contributed by atoms with Crippen molar-refractivity contribution in [3.05, 3.63) is 23.8 Å². The molecule has 0 bridgehead atoms. The number of nitrogens with one attached hydrogen (secondary N) is 1. The van der Waals surface area contributed by atoms with Crippen molar-refractivity contribution in [3.63, 3.8) is 0 Å². The van der Waals surface area contributed by atoms with Crippen molar-refractivity contribution in [2.24, 2.45) is 0 Å². The van der Waals surface area contributed by atoms with E-state index in [9.17, 15) is 4.79 Å². The van der Waals surface area contributed by atoms with Crippen LogP contribution in [0.15, 0.2) is 18.2 Å². The van der Waals surface area contributed by atoms with Crippen LogP contribution in [-0.4, -0.2) is 32.1 Å². The second-order valence-corrected chi connectivity index (χ2v) is 5.13. The van der Waals surface area contributed by atoms with E-state index < -0.39 is 5.54 Å². The van der Waals surface area contributed by atoms with E-state index in [1.165, 1.54) is 5.56 Å². The highest BCUT2D eigenvalue weighted by atomic mass is 16.5. The van der Waals surface area contributed by atoms with Crippen molar-refractivity contribution in [3.8, 4) is 5.75 Å². The van der Waals surface area contributed by atoms with Gasteiger partial charge in [0.1, 0.15) is 5.75 Å². The molecule has 1 aromatic carbocycles. The Morgan fingerprint density at radius 2 is 2.17 bits per heavy atom. The number of likely N-dealkylation sites (N-methyl/N-ethyl adjacent to an activating group) is 2. The molecule has 4 heteroatoms. The maximum Gasteiger partial charge on any atom is 0.246 e. The first-order chi connectivity index (χ1) is 8.45. The largest absolute Gasteiger partial charge is 0.493 e. The summed E-state index contributed by atoms with van der Waals surface area (Å²) in [4.78, 5) is 14.0. The Morgan fingerprint density at radius 1 is 1.44 bits per heavy atom. The highest BCUT2D eigenvalue weighted by Gasteiger charge is 2.29. The Hall–Kier alpha value is -1.55. The van der Waals surface area contributed by atoms with Crippen LogP contribution in [0.1, 0.15) is 19.4 Å². The van der Waals surface area contributed by atoms with Crippen LogP contribution in [-0.2, 0) is 11.2 Å². The molecule has 0 saturated carbocycles. The van der Waals surface area contributed by atoms with Crippen LogP contribution in [0.25, 0.3) is 0 Å². The molecular formula is C14H20N2O2. The predicted octanol–water partition coefficient (Wildman–Crippen LogP) is 1.58. The zero-order valence-electron chi connectivity index (χ0n) is 11.4. The van der Waals surface area contributed by atoms with E-state index in [-0.39, 0.29) is 5.91 Å². The van der Waals surface area contributed by atoms with E-state index in [0.717, 1.165) is 24.5 Å². The Labute approximate surface area is 108 Å². The monoisotopic (exact) mass is 248 g/mol. The van der Waals surface area contributed by atoms with Gasteiger partial charge in [0.05, 0.1) is 12.1 Å². The summed E-state index contributed by atoms with van der Waals surface area (Å²) in [5, 5.41) is 3.03. The lowest BCUT2D eigenvalue weighted by Crippen LogP contribution is -2.51. The third-order valence-electron chi connectivity index (χ3n) is 3.52. The van der Waals surface area contributed by atoms with Crippen molar-refractivity contribution in [1.29, 1.82) is 0 Å². The minimum Gasteiger partial charge on any atom is -0.493 e. The second-order valence-electron chi connectivity index (χ2n) is 5.13. The lowest BCUT2D eigenvalue weighted by molar-refractivity contribution is -0.123. The molecule has 1 aromatic rings. The van der Waals surface area contributed by atoms with Crippen molar-refractivity contribution < 1.29 is 9.53 Å². The summed E-state index contributed by atoms with van der Waals surface area (Å²) in [5.74, 6) is 0.983. The number of amides is 1. The van der Waals surface area contributed by atoms with Gasteiger partial charge in [0.2, 0.25) is 5.91 Å². The number of rotatable bonds is 3. The topological polar surface area (TPSA) is 41.6 Å². The first kappa shape index (κ1) is 12.9. The van der Waals surface area contributed by atoms with Gasteiger partial charge in [-0.15, -0.1) is 0 Å². The number of hydrogen-bond donors (Lipinski definition) is 1. The van der Waals surface area contributed by atoms with Crippen molar-refractivity contribution in [2.75, 3.05) is 25.6 Å². The number of anilines is 1. The van der Waals surface area contributed by atoms with Crippen molar-refractivity contribution in [1.82, 2.24) is 5.32 Å². The Kier molecular flexibility index (Phi) is 3.30. The molecule has 1 heterocycles. The van der Waals surface area contributed by atoms with Gasteiger partial charge in [-0.3, -0.25) is 4.79 Å². The second kappa shape index (κ2) is 4.61. The maximum atomic E-state index is 12.3. The maximum absolute atomic E-state index is 12.3. The van der Waals surface area contributed by atoms with E-state index in [0.29, 0.717) is 0 Å². The molecule has 4 nitrogen and oxygen atoms in total. The van der Waals surface area contributed by atoms with E-state index in [2.05, 4.69) is 5.32 Å². The summed E-state index contributed by atoms with van der Waals surface area (Å²) < 4.78 is 5.47. The average molecular weight is 248 g/mol. The van der Waals surface area contributed by atoms with E-state index in [1.54, 1.807) is 19.0 Å². The first-order valence-corrected chi connectivity index (χ1v) is 6.18. The van der Waals surface area contributed by atoms with Crippen molar-refractivity contribution >= 4 is 11.6 Å². The number of carbonyl (C=O) groups excluding carboxylic acids is 1. The van der Waals surface area contributed by atoms with Crippen LogP contribution in [0.4, 0.5) is 5.69 Å². The molecule has 0 unspecified atom stereocenters. The van der Waals surface area contributed by atoms with Crippen LogP contribution in [0.2, 0.25) is 0 Å². The van der Waals surface area contributed by atoms with Gasteiger partial charge in [-0.25, -0.2) is 0 Å². The highest BCUT2D eigenvalue weighted by molar-refractivity contribution is 5.99. The van der Waals surface area contributed by atoms with Crippen LogP contribution in [0, 0.1) is 0 Å². The Bertz CT molecular complexity index is 469. The summed E-state index contributed by atoms with van der Waals surface area (Å²) in [7, 11) is 3.60. The van der Waals surface area contributed by atoms with Gasteiger partial charge in [-0.2, -0.15) is 0 Å². The lowest BCUT2D eigenvalue weighted by atomic mass is 10.0. The van der Waals surface area contributed by atoms with Crippen molar-refractivity contribution in [2.45, 2.75) is 25.8 Å². The van der Waals surface area contributed by atoms with Gasteiger partial charge >= 0.3 is 0 Å². The molecule has 1 amide bonds. The summed E-state index contributed by atoms with van der Waals surface area (Å²) in [6.45, 7) is 4.49. The van der Waals surface area contributed by atoms with Gasteiger partial charge in [-0.1, -0.05) is 0 Å². The smallest absolute Gasteiger partial charge is 0.246 e. The van der Waals surface area contributed by atoms with Gasteiger partial charge in [-0.05, 0) is 44.7 Å². The summed E-state index contributed by atoms with van der Waals surface area (Å²) in [6, 6.07) is 5.90. The number of carbonyl (C=O) groups is 1. The molecular weight excluding hydrogens is 228 g/mol. The number of ether oxygens (including phenoxy) is 1. The third-order valence-corrected chi connectivity index (χ3v) is 3.52. The van der Waals surface area contributed by atoms with Gasteiger partial charge in [0.15, 0.2) is 0 Å². The molecule has 1 N–H and O–H groups in total. The third kappa shape index (κ3) is 2.20. The fourth-order valence-corrected chi connectivity index (χ4v) is 2.03. The molecule has 0 spiro atoms. The highest BCUT2D eigenvalue weighted by Crippen LogP contribution is 2.29. The fraction of sp³-hybridized carbons (Fsp3) is 0.500. The molecule has 2 rings (SSSR count). The van der Waals surface area contributed by atoms with Crippen LogP contribution in [0.3, 0.4) is 0 Å². The summed E-state index contributed by atoms with van der Waals surface area (Å²) in [5.41, 5.74) is 1.52. The molecule has 0 radical (unpaired) electrons. The lowest BCUT2D eigenvalue weighted by Gasteiger charge is -2.29. The van der Waals surface area contributed by atoms with E-state index in [1.807, 2.05) is 32.0 Å². The number of benzene rings is 1. The fourth-order valence-electron chi connectivity index (χ4n) is 2.03. The zero-order chi connectivity index (χ0) is 13.3. The van der Waals surface area contributed by atoms with Gasteiger partial charge in [0.25, 0.3) is 0 Å². The van der Waals surface area contributed by atoms with Crippen LogP contribution in [0.5, 0.6) is 5.75 Å². The summed E-state index contributed by atoms with van der Waals surface area (Å²) in [6.07, 6.45) is 0.917. The standard InChI is InChI=1S/C14H20N2O2/c1-14(2,15-3)13(17)16(4)11-5-6-12-10(9-11)7-8-18-12/h5-6,9,15H,7-8H2,1-4H3. The van der Waals surface area contributed by atoms with Crippen LogP contribution >= 0.6 is 0 Å². The quantitative estimate of drug-likeness (QED) is 0.883. The molecule has 1 aliphatic heterocycles. The molecule has 0 atom stereocenters. The number of nitrogens with zero attached hydrogens (tertiary/aromatic N) is 1.